The first kappa shape index (κ1) is 33.0. The summed E-state index contributed by atoms with van der Waals surface area (Å²) in [6, 6.07) is 79.4. The number of fused-ring (bicyclic) bond motifs is 13. The quantitative estimate of drug-likeness (QED) is 0.214. The van der Waals surface area contributed by atoms with Gasteiger partial charge in [-0.3, -0.25) is 0 Å². The topological polar surface area (TPSA) is 14.2 Å². The third-order valence-corrected chi connectivity index (χ3v) is 18.5. The Labute approximate surface area is 345 Å². The number of rotatable bonds is 3. The molecule has 0 aliphatic carbocycles. The molecule has 2 nitrogen and oxygen atoms in total. The Hall–Kier alpha value is -7.07. The summed E-state index contributed by atoms with van der Waals surface area (Å²) in [6.45, 7) is 0.224. The van der Waals surface area contributed by atoms with Crippen LogP contribution in [0.5, 0.6) is 11.5 Å². The van der Waals surface area contributed by atoms with E-state index in [-0.39, 0.29) is 13.4 Å². The van der Waals surface area contributed by atoms with Gasteiger partial charge in [-0.2, -0.15) is 0 Å². The summed E-state index contributed by atoms with van der Waals surface area (Å²) in [5.74, 6) is 1.95. The number of benzene rings is 9. The Bertz CT molecular complexity index is 3290. The average molecular weight is 764 g/mol. The Morgan fingerprint density at radius 2 is 0.915 bits per heavy atom. The van der Waals surface area contributed by atoms with E-state index in [1.165, 1.54) is 92.1 Å². The lowest BCUT2D eigenvalue weighted by Gasteiger charge is -2.48. The van der Waals surface area contributed by atoms with Crippen LogP contribution in [-0.4, -0.2) is 26.1 Å². The molecule has 10 aromatic rings. The molecular formula is C54H35B2NOSi. The predicted molar refractivity (Wildman–Crippen MR) is 252 cm³/mol. The van der Waals surface area contributed by atoms with Gasteiger partial charge in [-0.05, 0) is 85.3 Å². The Morgan fingerprint density at radius 3 is 1.64 bits per heavy atom. The summed E-state index contributed by atoms with van der Waals surface area (Å²) < 4.78 is 9.16. The van der Waals surface area contributed by atoms with Gasteiger partial charge in [0.2, 0.25) is 6.71 Å². The minimum absolute atomic E-state index is 0.0994. The van der Waals surface area contributed by atoms with Gasteiger partial charge in [0.15, 0.2) is 8.07 Å². The minimum atomic E-state index is -2.82. The Morgan fingerprint density at radius 1 is 0.373 bits per heavy atom. The Balaban J connectivity index is 0.978. The molecule has 3 aliphatic heterocycles. The van der Waals surface area contributed by atoms with Crippen molar-refractivity contribution in [2.24, 2.45) is 0 Å². The van der Waals surface area contributed by atoms with Gasteiger partial charge in [0.1, 0.15) is 11.5 Å². The molecule has 1 aromatic heterocycles. The van der Waals surface area contributed by atoms with E-state index in [1.54, 1.807) is 0 Å². The fourth-order valence-corrected chi connectivity index (χ4v) is 17.0. The standard InChI is InChI=1S/C54H35B2NOSi/c1-2-15-39(16-3-1)57-46-22-9-4-17-40(46)41-35-37(31-34-47(41)57)36-29-32-38(33-30-36)55-43-19-6-11-25-50(43)59(51-26-12-7-20-44(51)55)52-27-13-8-21-45(52)56-42-18-5-10-23-48(42)58-49-24-14-28-53(59)54(49)56/h1-35H. The largest absolute Gasteiger partial charge is 0.458 e. The van der Waals surface area contributed by atoms with E-state index in [2.05, 4.69) is 217 Å². The van der Waals surface area contributed by atoms with Crippen LogP contribution in [0.3, 0.4) is 0 Å². The molecule has 0 saturated heterocycles. The number of hydrogen-bond acceptors (Lipinski definition) is 1. The lowest BCUT2D eigenvalue weighted by molar-refractivity contribution is 0.488. The van der Waals surface area contributed by atoms with Crippen molar-refractivity contribution in [1.29, 1.82) is 0 Å². The molecule has 9 aromatic carbocycles. The van der Waals surface area contributed by atoms with Crippen LogP contribution in [0.1, 0.15) is 0 Å². The van der Waals surface area contributed by atoms with E-state index in [4.69, 9.17) is 4.74 Å². The first-order chi connectivity index (χ1) is 29.3. The molecule has 0 amide bonds. The SMILES string of the molecule is c1ccc(-n2c3ccccc3c3cc(-c4ccc(B5c6ccccc6[Si]6(c7ccccc75)c5ccccc5B5c7ccccc7Oc7cccc6c75)cc4)ccc32)cc1. The molecule has 5 heteroatoms. The van der Waals surface area contributed by atoms with Crippen LogP contribution >= 0.6 is 0 Å². The van der Waals surface area contributed by atoms with Crippen molar-refractivity contribution >= 4 is 96.8 Å². The predicted octanol–water partition coefficient (Wildman–Crippen LogP) is 5.59. The van der Waals surface area contributed by atoms with Crippen LogP contribution < -0.4 is 58.3 Å². The van der Waals surface area contributed by atoms with Crippen LogP contribution in [-0.2, 0) is 0 Å². The second-order valence-electron chi connectivity index (χ2n) is 16.3. The lowest BCUT2D eigenvalue weighted by Crippen LogP contribution is -2.93. The highest BCUT2D eigenvalue weighted by Gasteiger charge is 2.56. The third-order valence-electron chi connectivity index (χ3n) is 13.5. The van der Waals surface area contributed by atoms with Crippen LogP contribution in [0.2, 0.25) is 0 Å². The summed E-state index contributed by atoms with van der Waals surface area (Å²) in [7, 11) is -2.82. The molecular weight excluding hydrogens is 728 g/mol. The molecule has 59 heavy (non-hydrogen) atoms. The normalized spacial score (nSPS) is 14.0. The third kappa shape index (κ3) is 4.48. The second-order valence-corrected chi connectivity index (χ2v) is 19.9. The summed E-state index contributed by atoms with van der Waals surface area (Å²) in [6.07, 6.45) is 0. The molecule has 0 unspecified atom stereocenters. The van der Waals surface area contributed by atoms with Crippen molar-refractivity contribution < 1.29 is 4.74 Å². The lowest BCUT2D eigenvalue weighted by atomic mass is 9.35. The highest BCUT2D eigenvalue weighted by Crippen LogP contribution is 2.35. The van der Waals surface area contributed by atoms with Gasteiger partial charge in [-0.1, -0.05) is 192 Å². The summed E-state index contributed by atoms with van der Waals surface area (Å²) >= 11 is 0. The molecule has 0 atom stereocenters. The van der Waals surface area contributed by atoms with Gasteiger partial charge in [-0.15, -0.1) is 0 Å². The average Bonchev–Trinajstić information content (AvgIpc) is 3.64. The smallest absolute Gasteiger partial charge is 0.250 e. The molecule has 13 rings (SSSR count). The number of hydrogen-bond donors (Lipinski definition) is 0. The zero-order chi connectivity index (χ0) is 38.7. The van der Waals surface area contributed by atoms with E-state index in [9.17, 15) is 0 Å². The van der Waals surface area contributed by atoms with E-state index in [0.717, 1.165) is 11.5 Å². The van der Waals surface area contributed by atoms with Crippen LogP contribution in [0.25, 0.3) is 38.6 Å². The van der Waals surface area contributed by atoms with Gasteiger partial charge in [0.25, 0.3) is 6.71 Å². The summed E-state index contributed by atoms with van der Waals surface area (Å²) in [5.41, 5.74) is 14.2. The highest BCUT2D eigenvalue weighted by atomic mass is 28.3. The molecule has 0 bridgehead atoms. The monoisotopic (exact) mass is 763 g/mol. The minimum Gasteiger partial charge on any atom is -0.458 e. The number of nitrogens with zero attached hydrogens (tertiary/aromatic N) is 1. The summed E-state index contributed by atoms with van der Waals surface area (Å²) in [5, 5.41) is 8.43. The fraction of sp³-hybridized carbons (Fsp3) is 0. The maximum absolute atomic E-state index is 6.77. The van der Waals surface area contributed by atoms with Crippen molar-refractivity contribution in [3.05, 3.63) is 212 Å². The zero-order valence-corrected chi connectivity index (χ0v) is 33.2. The highest BCUT2D eigenvalue weighted by molar-refractivity contribution is 7.31. The molecule has 3 aliphatic rings. The van der Waals surface area contributed by atoms with Crippen molar-refractivity contribution in [2.75, 3.05) is 0 Å². The molecule has 0 N–H and O–H groups in total. The van der Waals surface area contributed by atoms with Crippen molar-refractivity contribution in [3.63, 3.8) is 0 Å². The van der Waals surface area contributed by atoms with Crippen LogP contribution in [0, 0.1) is 0 Å². The van der Waals surface area contributed by atoms with Gasteiger partial charge in [0, 0.05) is 16.5 Å². The van der Waals surface area contributed by atoms with Crippen molar-refractivity contribution in [2.45, 2.75) is 0 Å². The first-order valence-corrected chi connectivity index (χ1v) is 22.7. The molecule has 4 heterocycles. The molecule has 272 valence electrons. The summed E-state index contributed by atoms with van der Waals surface area (Å²) in [4.78, 5) is 0. The number of aromatic nitrogens is 1. The molecule has 0 saturated carbocycles. The number of para-hydroxylation sites is 3. The zero-order valence-electron chi connectivity index (χ0n) is 32.2. The van der Waals surface area contributed by atoms with E-state index in [1.807, 2.05) is 0 Å². The van der Waals surface area contributed by atoms with E-state index < -0.39 is 8.07 Å². The maximum atomic E-state index is 6.77. The fourth-order valence-electron chi connectivity index (χ4n) is 11.2. The van der Waals surface area contributed by atoms with Gasteiger partial charge in [0.05, 0.1) is 11.0 Å². The van der Waals surface area contributed by atoms with Gasteiger partial charge in [-0.25, -0.2) is 0 Å². The maximum Gasteiger partial charge on any atom is 0.250 e. The molecule has 1 spiro atoms. The van der Waals surface area contributed by atoms with Crippen molar-refractivity contribution in [3.8, 4) is 28.3 Å². The van der Waals surface area contributed by atoms with E-state index in [0.29, 0.717) is 0 Å². The van der Waals surface area contributed by atoms with Gasteiger partial charge >= 0.3 is 0 Å². The first-order valence-electron chi connectivity index (χ1n) is 20.7. The van der Waals surface area contributed by atoms with Crippen LogP contribution in [0.4, 0.5) is 0 Å². The van der Waals surface area contributed by atoms with Gasteiger partial charge < -0.3 is 9.30 Å². The van der Waals surface area contributed by atoms with E-state index >= 15 is 0 Å². The van der Waals surface area contributed by atoms with Crippen molar-refractivity contribution in [1.82, 2.24) is 4.57 Å². The molecule has 0 fully saturated rings. The molecule has 0 radical (unpaired) electrons. The number of ether oxygens (including phenoxy) is 1. The second kappa shape index (κ2) is 12.5. The van der Waals surface area contributed by atoms with Crippen LogP contribution in [0.15, 0.2) is 212 Å². The Kier molecular flexibility index (Phi) is 6.96.